The van der Waals surface area contributed by atoms with Gasteiger partial charge in [0.25, 0.3) is 0 Å². The average Bonchev–Trinajstić information content (AvgIpc) is 3.11. The Hall–Kier alpha value is -1.35. The lowest BCUT2D eigenvalue weighted by Gasteiger charge is -2.29. The van der Waals surface area contributed by atoms with E-state index in [-0.39, 0.29) is 5.41 Å². The fourth-order valence-electron chi connectivity index (χ4n) is 3.41. The van der Waals surface area contributed by atoms with Crippen molar-refractivity contribution in [2.75, 3.05) is 35.7 Å². The lowest BCUT2D eigenvalue weighted by atomic mass is 9.96. The van der Waals surface area contributed by atoms with Gasteiger partial charge in [0.1, 0.15) is 0 Å². The van der Waals surface area contributed by atoms with Crippen LogP contribution >= 0.6 is 27.3 Å². The number of hydrazine groups is 1. The third-order valence-electron chi connectivity index (χ3n) is 4.83. The smallest absolute Gasteiger partial charge is 0.0961 e. The van der Waals surface area contributed by atoms with Crippen molar-refractivity contribution in [1.82, 2.24) is 10.3 Å². The molecule has 0 radical (unpaired) electrons. The number of nitrogens with two attached hydrogens (primary N) is 2. The van der Waals surface area contributed by atoms with E-state index in [4.69, 9.17) is 16.6 Å². The molecule has 0 unspecified atom stereocenters. The second kappa shape index (κ2) is 8.98. The van der Waals surface area contributed by atoms with Crippen molar-refractivity contribution >= 4 is 44.3 Å². The maximum Gasteiger partial charge on any atom is 0.0961 e. The number of piperidine rings is 1. The summed E-state index contributed by atoms with van der Waals surface area (Å²) in [6.07, 6.45) is 2.35. The van der Waals surface area contributed by atoms with Gasteiger partial charge < -0.3 is 21.4 Å². The summed E-state index contributed by atoms with van der Waals surface area (Å²) in [5, 5.41) is 12.0. The second-order valence-electron chi connectivity index (χ2n) is 8.60. The molecule has 6 nitrogen and oxygen atoms in total. The van der Waals surface area contributed by atoms with Gasteiger partial charge in [-0.15, -0.1) is 11.3 Å². The van der Waals surface area contributed by atoms with Gasteiger partial charge in [0.15, 0.2) is 0 Å². The van der Waals surface area contributed by atoms with E-state index in [1.165, 1.54) is 17.8 Å². The second-order valence-corrected chi connectivity index (χ2v) is 10.3. The highest BCUT2D eigenvalue weighted by molar-refractivity contribution is 9.10. The topological polar surface area (TPSA) is 92.2 Å². The number of nitrogens with zero attached hydrogens (tertiary/aromatic N) is 2. The summed E-state index contributed by atoms with van der Waals surface area (Å²) < 4.78 is 0.836. The van der Waals surface area contributed by atoms with Gasteiger partial charge in [-0.25, -0.2) is 10.8 Å². The van der Waals surface area contributed by atoms with Crippen molar-refractivity contribution in [3.63, 3.8) is 0 Å². The Labute approximate surface area is 180 Å². The molecular weight excluding hydrogens is 436 g/mol. The highest BCUT2D eigenvalue weighted by Gasteiger charge is 2.20. The quantitative estimate of drug-likeness (QED) is 0.288. The summed E-state index contributed by atoms with van der Waals surface area (Å²) in [7, 11) is 0. The molecule has 1 fully saturated rings. The molecule has 0 aliphatic carbocycles. The van der Waals surface area contributed by atoms with E-state index >= 15 is 0 Å². The van der Waals surface area contributed by atoms with E-state index < -0.39 is 0 Å². The van der Waals surface area contributed by atoms with E-state index in [9.17, 15) is 0 Å². The van der Waals surface area contributed by atoms with E-state index in [2.05, 4.69) is 52.7 Å². The Kier molecular flexibility index (Phi) is 6.85. The molecule has 154 valence electrons. The SMILES string of the molecule is CC(C)(C)CN(N)c1ccc(NCc2csc(C3CCNCC3)n2)c(Br)c1N. The van der Waals surface area contributed by atoms with Gasteiger partial charge in [0, 0.05) is 17.8 Å². The number of hydrogen-bond donors (Lipinski definition) is 4. The summed E-state index contributed by atoms with van der Waals surface area (Å²) in [4.78, 5) is 4.84. The van der Waals surface area contributed by atoms with E-state index in [1.54, 1.807) is 16.3 Å². The lowest BCUT2D eigenvalue weighted by molar-refractivity contribution is 0.412. The van der Waals surface area contributed by atoms with Crippen molar-refractivity contribution in [2.24, 2.45) is 11.3 Å². The van der Waals surface area contributed by atoms with Gasteiger partial charge in [0.05, 0.1) is 38.8 Å². The molecule has 2 aromatic rings. The average molecular weight is 467 g/mol. The van der Waals surface area contributed by atoms with Crippen LogP contribution in [-0.4, -0.2) is 24.6 Å². The van der Waals surface area contributed by atoms with Gasteiger partial charge in [-0.1, -0.05) is 20.8 Å². The number of nitrogens with one attached hydrogen (secondary N) is 2. The van der Waals surface area contributed by atoms with Crippen LogP contribution in [0.1, 0.15) is 50.2 Å². The number of anilines is 3. The van der Waals surface area contributed by atoms with Crippen LogP contribution in [0.2, 0.25) is 0 Å². The van der Waals surface area contributed by atoms with Crippen LogP contribution < -0.4 is 27.2 Å². The zero-order valence-electron chi connectivity index (χ0n) is 16.9. The molecule has 1 aliphatic rings. The Bertz CT molecular complexity index is 794. The van der Waals surface area contributed by atoms with E-state index in [0.29, 0.717) is 24.7 Å². The highest BCUT2D eigenvalue weighted by Crippen LogP contribution is 2.37. The molecule has 0 spiro atoms. The third kappa shape index (κ3) is 5.37. The van der Waals surface area contributed by atoms with Gasteiger partial charge in [-0.3, -0.25) is 0 Å². The highest BCUT2D eigenvalue weighted by atomic mass is 79.9. The van der Waals surface area contributed by atoms with Gasteiger partial charge in [-0.05, 0) is 59.4 Å². The molecule has 28 heavy (non-hydrogen) atoms. The summed E-state index contributed by atoms with van der Waals surface area (Å²) in [5.74, 6) is 6.84. The van der Waals surface area contributed by atoms with Crippen molar-refractivity contribution < 1.29 is 0 Å². The molecule has 0 bridgehead atoms. The molecule has 8 heteroatoms. The maximum absolute atomic E-state index is 6.35. The van der Waals surface area contributed by atoms with Crippen molar-refractivity contribution in [2.45, 2.75) is 46.1 Å². The molecule has 1 aromatic heterocycles. The first kappa shape index (κ1) is 21.4. The monoisotopic (exact) mass is 466 g/mol. The number of rotatable bonds is 6. The van der Waals surface area contributed by atoms with Crippen LogP contribution in [-0.2, 0) is 6.54 Å². The lowest BCUT2D eigenvalue weighted by Crippen LogP contribution is -2.38. The molecule has 0 saturated carbocycles. The number of nitrogen functional groups attached to an aromatic ring is 1. The molecule has 3 rings (SSSR count). The maximum atomic E-state index is 6.35. The minimum Gasteiger partial charge on any atom is -0.396 e. The van der Waals surface area contributed by atoms with E-state index in [1.807, 2.05) is 12.1 Å². The van der Waals surface area contributed by atoms with Gasteiger partial charge >= 0.3 is 0 Å². The van der Waals surface area contributed by atoms with Gasteiger partial charge in [-0.2, -0.15) is 0 Å². The summed E-state index contributed by atoms with van der Waals surface area (Å²) in [6, 6.07) is 3.98. The van der Waals surface area contributed by atoms with E-state index in [0.717, 1.165) is 34.6 Å². The summed E-state index contributed by atoms with van der Waals surface area (Å²) in [6.45, 7) is 10.0. The number of benzene rings is 1. The summed E-state index contributed by atoms with van der Waals surface area (Å²) >= 11 is 5.40. The van der Waals surface area contributed by atoms with Crippen molar-refractivity contribution in [3.8, 4) is 0 Å². The molecule has 1 aromatic carbocycles. The van der Waals surface area contributed by atoms with Crippen LogP contribution in [0.15, 0.2) is 22.0 Å². The Morgan fingerprint density at radius 3 is 2.71 bits per heavy atom. The third-order valence-corrected chi connectivity index (χ3v) is 6.74. The van der Waals surface area contributed by atoms with Crippen LogP contribution in [0.25, 0.3) is 0 Å². The van der Waals surface area contributed by atoms with Crippen LogP contribution in [0.3, 0.4) is 0 Å². The molecule has 6 N–H and O–H groups in total. The zero-order valence-corrected chi connectivity index (χ0v) is 19.3. The first-order chi connectivity index (χ1) is 13.2. The van der Waals surface area contributed by atoms with Crippen LogP contribution in [0.5, 0.6) is 0 Å². The standard InChI is InChI=1S/C20H31BrN6S/c1-20(2,3)12-27(23)16-5-4-15(17(21)18(16)22)25-10-14-11-28-19(26-14)13-6-8-24-9-7-13/h4-5,11,13,24-25H,6-10,12,22-23H2,1-3H3. The number of hydrogen-bond acceptors (Lipinski definition) is 7. The van der Waals surface area contributed by atoms with Gasteiger partial charge in [0.2, 0.25) is 0 Å². The van der Waals surface area contributed by atoms with Crippen molar-refractivity contribution in [1.29, 1.82) is 0 Å². The van der Waals surface area contributed by atoms with Crippen LogP contribution in [0, 0.1) is 5.41 Å². The molecule has 1 saturated heterocycles. The van der Waals surface area contributed by atoms with Crippen LogP contribution in [0.4, 0.5) is 17.1 Å². The predicted octanol–water partition coefficient (Wildman–Crippen LogP) is 4.29. The Balaban J connectivity index is 1.65. The fraction of sp³-hybridized carbons (Fsp3) is 0.550. The normalized spacial score (nSPS) is 15.6. The molecular formula is C20H31BrN6S. The number of halogens is 1. The summed E-state index contributed by atoms with van der Waals surface area (Å²) in [5.41, 5.74) is 9.92. The Morgan fingerprint density at radius 1 is 1.32 bits per heavy atom. The van der Waals surface area contributed by atoms with Crippen molar-refractivity contribution in [3.05, 3.63) is 32.7 Å². The number of thiazole rings is 1. The molecule has 2 heterocycles. The fourth-order valence-corrected chi connectivity index (χ4v) is 4.88. The minimum absolute atomic E-state index is 0.0846. The molecule has 0 amide bonds. The molecule has 1 aliphatic heterocycles. The predicted molar refractivity (Wildman–Crippen MR) is 124 cm³/mol. The zero-order chi connectivity index (χ0) is 20.3. The largest absolute Gasteiger partial charge is 0.396 e. The first-order valence-corrected chi connectivity index (χ1v) is 11.4. The Morgan fingerprint density at radius 2 is 2.04 bits per heavy atom. The number of aromatic nitrogens is 1. The minimum atomic E-state index is 0.0846. The molecule has 0 atom stereocenters. The first-order valence-electron chi connectivity index (χ1n) is 9.74.